The van der Waals surface area contributed by atoms with Crippen molar-refractivity contribution in [2.75, 3.05) is 18.4 Å². The summed E-state index contributed by atoms with van der Waals surface area (Å²) in [6, 6.07) is 5.03. The third-order valence-corrected chi connectivity index (χ3v) is 4.77. The molecule has 0 aromatic carbocycles. The second kappa shape index (κ2) is 7.63. The Kier molecular flexibility index (Phi) is 5.31. The number of aryl methyl sites for hydroxylation is 1. The molecule has 3 rings (SSSR count). The van der Waals surface area contributed by atoms with Crippen LogP contribution in [0.5, 0.6) is 0 Å². The lowest BCUT2D eigenvalue weighted by atomic mass is 9.95. The minimum Gasteiger partial charge on any atom is -0.344 e. The van der Waals surface area contributed by atoms with Crippen molar-refractivity contribution in [2.45, 2.75) is 45.1 Å². The molecule has 0 radical (unpaired) electrons. The number of nitrogens with one attached hydrogen (secondary N) is 2. The van der Waals surface area contributed by atoms with Gasteiger partial charge >= 0.3 is 0 Å². The third kappa shape index (κ3) is 4.35. The van der Waals surface area contributed by atoms with Gasteiger partial charge in [-0.15, -0.1) is 0 Å². The fraction of sp³-hybridized carbons (Fsp3) is 0.556. The van der Waals surface area contributed by atoms with Gasteiger partial charge in [-0.25, -0.2) is 4.98 Å². The van der Waals surface area contributed by atoms with Gasteiger partial charge in [-0.3, -0.25) is 14.4 Å². The van der Waals surface area contributed by atoms with Crippen LogP contribution >= 0.6 is 0 Å². The first-order chi connectivity index (χ1) is 12.0. The number of piperidine rings is 2. The molecule has 0 aliphatic carbocycles. The monoisotopic (exact) mass is 344 g/mol. The number of rotatable bonds is 3. The Morgan fingerprint density at radius 2 is 2.12 bits per heavy atom. The maximum absolute atomic E-state index is 12.6. The zero-order chi connectivity index (χ0) is 17.8. The number of carbonyl (C=O) groups excluding carboxylic acids is 3. The number of hydrogen-bond donors (Lipinski definition) is 2. The van der Waals surface area contributed by atoms with Gasteiger partial charge < -0.3 is 15.5 Å². The Bertz CT molecular complexity index is 676. The highest BCUT2D eigenvalue weighted by molar-refractivity contribution is 5.93. The number of amides is 3. The summed E-state index contributed by atoms with van der Waals surface area (Å²) in [5.41, 5.74) is 0.839. The SMILES string of the molecule is Cc1cccc(NC(=O)C2CCCN(C(=O)[C@H]3CCCC(=O)N3)C2)n1. The second-order valence-electron chi connectivity index (χ2n) is 6.79. The Labute approximate surface area is 147 Å². The van der Waals surface area contributed by atoms with Gasteiger partial charge in [0.25, 0.3) is 0 Å². The third-order valence-electron chi connectivity index (χ3n) is 4.77. The standard InChI is InChI=1S/C18H24N4O3/c1-12-5-2-8-15(19-12)21-17(24)13-6-4-10-22(11-13)18(25)14-7-3-9-16(23)20-14/h2,5,8,13-14H,3-4,6-7,9-11H2,1H3,(H,20,23)(H,19,21,24)/t13?,14-/m1/s1. The van der Waals surface area contributed by atoms with Crippen molar-refractivity contribution in [2.24, 2.45) is 5.92 Å². The van der Waals surface area contributed by atoms with Crippen molar-refractivity contribution in [3.63, 3.8) is 0 Å². The van der Waals surface area contributed by atoms with Gasteiger partial charge in [0, 0.05) is 25.2 Å². The van der Waals surface area contributed by atoms with Crippen molar-refractivity contribution in [1.82, 2.24) is 15.2 Å². The van der Waals surface area contributed by atoms with Crippen molar-refractivity contribution < 1.29 is 14.4 Å². The van der Waals surface area contributed by atoms with Crippen molar-refractivity contribution in [1.29, 1.82) is 0 Å². The second-order valence-corrected chi connectivity index (χ2v) is 6.79. The van der Waals surface area contributed by atoms with E-state index in [0.717, 1.165) is 25.0 Å². The molecular weight excluding hydrogens is 320 g/mol. The zero-order valence-electron chi connectivity index (χ0n) is 14.5. The molecule has 2 N–H and O–H groups in total. The van der Waals surface area contributed by atoms with E-state index in [1.165, 1.54) is 0 Å². The summed E-state index contributed by atoms with van der Waals surface area (Å²) >= 11 is 0. The molecule has 1 aromatic heterocycles. The molecule has 3 heterocycles. The Balaban J connectivity index is 1.59. The zero-order valence-corrected chi connectivity index (χ0v) is 14.5. The molecule has 1 aromatic rings. The fourth-order valence-electron chi connectivity index (χ4n) is 3.44. The molecule has 0 bridgehead atoms. The topological polar surface area (TPSA) is 91.4 Å². The summed E-state index contributed by atoms with van der Waals surface area (Å²) < 4.78 is 0. The lowest BCUT2D eigenvalue weighted by Gasteiger charge is -2.35. The fourth-order valence-corrected chi connectivity index (χ4v) is 3.44. The number of nitrogens with zero attached hydrogens (tertiary/aromatic N) is 2. The quantitative estimate of drug-likeness (QED) is 0.863. The van der Waals surface area contributed by atoms with Crippen molar-refractivity contribution in [3.8, 4) is 0 Å². The van der Waals surface area contributed by atoms with Gasteiger partial charge in [0.15, 0.2) is 0 Å². The first kappa shape index (κ1) is 17.4. The van der Waals surface area contributed by atoms with E-state index in [9.17, 15) is 14.4 Å². The molecule has 3 amide bonds. The number of carbonyl (C=O) groups is 3. The van der Waals surface area contributed by atoms with Crippen LogP contribution in [-0.2, 0) is 14.4 Å². The Hall–Kier alpha value is -2.44. The van der Waals surface area contributed by atoms with Crippen LogP contribution in [0.15, 0.2) is 18.2 Å². The maximum Gasteiger partial charge on any atom is 0.245 e. The van der Waals surface area contributed by atoms with Gasteiger partial charge in [-0.2, -0.15) is 0 Å². The summed E-state index contributed by atoms with van der Waals surface area (Å²) in [6.07, 6.45) is 3.42. The molecule has 0 spiro atoms. The van der Waals surface area contributed by atoms with E-state index < -0.39 is 6.04 Å². The first-order valence-corrected chi connectivity index (χ1v) is 8.85. The highest BCUT2D eigenvalue weighted by atomic mass is 16.2. The molecule has 7 nitrogen and oxygen atoms in total. The van der Waals surface area contributed by atoms with Gasteiger partial charge in [0.2, 0.25) is 17.7 Å². The summed E-state index contributed by atoms with van der Waals surface area (Å²) in [5, 5.41) is 5.60. The number of pyridine rings is 1. The summed E-state index contributed by atoms with van der Waals surface area (Å²) in [5.74, 6) is 0.0382. The molecule has 0 saturated carbocycles. The predicted molar refractivity (Wildman–Crippen MR) is 92.7 cm³/mol. The lowest BCUT2D eigenvalue weighted by molar-refractivity contribution is -0.140. The van der Waals surface area contributed by atoms with E-state index in [0.29, 0.717) is 31.7 Å². The summed E-state index contributed by atoms with van der Waals surface area (Å²) in [7, 11) is 0. The highest BCUT2D eigenvalue weighted by Gasteiger charge is 2.33. The molecule has 2 fully saturated rings. The Morgan fingerprint density at radius 1 is 1.28 bits per heavy atom. The van der Waals surface area contributed by atoms with E-state index in [2.05, 4.69) is 15.6 Å². The van der Waals surface area contributed by atoms with Gasteiger partial charge in [0.05, 0.1) is 5.92 Å². The van der Waals surface area contributed by atoms with Gasteiger partial charge in [-0.1, -0.05) is 6.07 Å². The van der Waals surface area contributed by atoms with Crippen LogP contribution in [0.2, 0.25) is 0 Å². The van der Waals surface area contributed by atoms with Crippen LogP contribution in [0, 0.1) is 12.8 Å². The van der Waals surface area contributed by atoms with Crippen molar-refractivity contribution >= 4 is 23.5 Å². The average Bonchev–Trinajstić information content (AvgIpc) is 2.61. The minimum absolute atomic E-state index is 0.0681. The van der Waals surface area contributed by atoms with E-state index in [4.69, 9.17) is 0 Å². The number of anilines is 1. The molecule has 2 saturated heterocycles. The summed E-state index contributed by atoms with van der Waals surface area (Å²) in [4.78, 5) is 42.7. The minimum atomic E-state index is -0.443. The molecule has 134 valence electrons. The molecule has 25 heavy (non-hydrogen) atoms. The van der Waals surface area contributed by atoms with Crippen LogP contribution in [-0.4, -0.2) is 46.7 Å². The first-order valence-electron chi connectivity index (χ1n) is 8.85. The van der Waals surface area contributed by atoms with Crippen LogP contribution < -0.4 is 10.6 Å². The number of likely N-dealkylation sites (tertiary alicyclic amines) is 1. The predicted octanol–water partition coefficient (Wildman–Crippen LogP) is 1.24. The van der Waals surface area contributed by atoms with Crippen LogP contribution in [0.1, 0.15) is 37.8 Å². The van der Waals surface area contributed by atoms with Crippen LogP contribution in [0.3, 0.4) is 0 Å². The molecule has 2 atom stereocenters. The Morgan fingerprint density at radius 3 is 2.88 bits per heavy atom. The summed E-state index contributed by atoms with van der Waals surface area (Å²) in [6.45, 7) is 2.90. The average molecular weight is 344 g/mol. The normalized spacial score (nSPS) is 23.7. The van der Waals surface area contributed by atoms with E-state index in [-0.39, 0.29) is 23.6 Å². The van der Waals surface area contributed by atoms with Crippen LogP contribution in [0.4, 0.5) is 5.82 Å². The molecule has 1 unspecified atom stereocenters. The van der Waals surface area contributed by atoms with E-state index >= 15 is 0 Å². The number of aromatic nitrogens is 1. The van der Waals surface area contributed by atoms with Crippen LogP contribution in [0.25, 0.3) is 0 Å². The van der Waals surface area contributed by atoms with Gasteiger partial charge in [-0.05, 0) is 44.7 Å². The molecule has 2 aliphatic heterocycles. The molecular formula is C18H24N4O3. The largest absolute Gasteiger partial charge is 0.344 e. The van der Waals surface area contributed by atoms with Gasteiger partial charge in [0.1, 0.15) is 11.9 Å². The highest BCUT2D eigenvalue weighted by Crippen LogP contribution is 2.21. The maximum atomic E-state index is 12.6. The number of hydrogen-bond acceptors (Lipinski definition) is 4. The lowest BCUT2D eigenvalue weighted by Crippen LogP contribution is -2.53. The van der Waals surface area contributed by atoms with Crippen molar-refractivity contribution in [3.05, 3.63) is 23.9 Å². The smallest absolute Gasteiger partial charge is 0.245 e. The molecule has 7 heteroatoms. The van der Waals surface area contributed by atoms with E-state index in [1.807, 2.05) is 19.1 Å². The molecule has 2 aliphatic rings. The van der Waals surface area contributed by atoms with E-state index in [1.54, 1.807) is 11.0 Å².